The van der Waals surface area contributed by atoms with Crippen LogP contribution in [-0.2, 0) is 6.54 Å². The van der Waals surface area contributed by atoms with E-state index in [0.717, 1.165) is 36.0 Å². The Bertz CT molecular complexity index is 1250. The number of halogens is 1. The van der Waals surface area contributed by atoms with Gasteiger partial charge < -0.3 is 10.2 Å². The van der Waals surface area contributed by atoms with E-state index in [1.54, 1.807) is 18.2 Å². The third-order valence-electron chi connectivity index (χ3n) is 8.35. The Labute approximate surface area is 186 Å². The highest BCUT2D eigenvalue weighted by Gasteiger charge is 2.64. The van der Waals surface area contributed by atoms with Crippen molar-refractivity contribution in [3.63, 3.8) is 0 Å². The van der Waals surface area contributed by atoms with Crippen LogP contribution in [0.25, 0.3) is 11.3 Å². The minimum atomic E-state index is -0.797. The van der Waals surface area contributed by atoms with Gasteiger partial charge in [-0.1, -0.05) is 17.9 Å². The minimum absolute atomic E-state index is 0.0865. The summed E-state index contributed by atoms with van der Waals surface area (Å²) in [7, 11) is 0. The number of aromatic hydroxyl groups is 1. The van der Waals surface area contributed by atoms with E-state index in [4.69, 9.17) is 0 Å². The van der Waals surface area contributed by atoms with Crippen LogP contribution in [0.2, 0.25) is 0 Å². The van der Waals surface area contributed by atoms with Gasteiger partial charge in [0.25, 0.3) is 0 Å². The first-order valence-corrected chi connectivity index (χ1v) is 11.2. The quantitative estimate of drug-likeness (QED) is 0.582. The van der Waals surface area contributed by atoms with Crippen LogP contribution in [-0.4, -0.2) is 30.8 Å². The highest BCUT2D eigenvalue weighted by Crippen LogP contribution is 2.71. The summed E-state index contributed by atoms with van der Waals surface area (Å²) in [6.07, 6.45) is 5.04. The van der Waals surface area contributed by atoms with Crippen molar-refractivity contribution in [3.05, 3.63) is 77.3 Å². The lowest BCUT2D eigenvalue weighted by Gasteiger charge is -2.42. The summed E-state index contributed by atoms with van der Waals surface area (Å²) < 4.78 is 15.2. The van der Waals surface area contributed by atoms with Gasteiger partial charge in [-0.3, -0.25) is 4.68 Å². The van der Waals surface area contributed by atoms with E-state index in [9.17, 15) is 14.6 Å². The largest absolute Gasteiger partial charge is 0.508 e. The molecule has 3 aromatic rings. The van der Waals surface area contributed by atoms with Crippen molar-refractivity contribution in [2.75, 3.05) is 0 Å². The van der Waals surface area contributed by atoms with E-state index in [0.29, 0.717) is 30.3 Å². The van der Waals surface area contributed by atoms with E-state index < -0.39 is 5.60 Å². The molecule has 32 heavy (non-hydrogen) atoms. The highest BCUT2D eigenvalue weighted by atomic mass is 19.1. The van der Waals surface area contributed by atoms with Crippen LogP contribution in [0.1, 0.15) is 54.2 Å². The van der Waals surface area contributed by atoms with Crippen molar-refractivity contribution in [3.8, 4) is 17.0 Å². The summed E-state index contributed by atoms with van der Waals surface area (Å²) in [4.78, 5) is 0. The number of phenols is 1. The van der Waals surface area contributed by atoms with E-state index in [2.05, 4.69) is 23.0 Å². The predicted molar refractivity (Wildman–Crippen MR) is 119 cm³/mol. The van der Waals surface area contributed by atoms with Crippen molar-refractivity contribution in [1.29, 1.82) is 0 Å². The zero-order valence-corrected chi connectivity index (χ0v) is 18.1. The lowest BCUT2D eigenvalue weighted by Crippen LogP contribution is -2.39. The lowest BCUT2D eigenvalue weighted by molar-refractivity contribution is 0.00370. The third kappa shape index (κ3) is 2.59. The summed E-state index contributed by atoms with van der Waals surface area (Å²) in [5, 5.41) is 30.5. The third-order valence-corrected chi connectivity index (χ3v) is 8.35. The molecule has 0 saturated heterocycles. The van der Waals surface area contributed by atoms with Crippen LogP contribution >= 0.6 is 0 Å². The molecule has 2 aromatic carbocycles. The van der Waals surface area contributed by atoms with Gasteiger partial charge in [-0.05, 0) is 96.5 Å². The molecule has 3 aliphatic carbocycles. The van der Waals surface area contributed by atoms with Crippen molar-refractivity contribution in [2.24, 2.45) is 5.41 Å². The SMILES string of the molecule is C=C1C[C@]23C[C@@]1(O)CC[C@H]2c1ccc(O)c(C)c1[C@@H]3Cn1cc(-c2ccc(F)cc2)nn1. The number of benzene rings is 2. The molecule has 2 fully saturated rings. The van der Waals surface area contributed by atoms with Gasteiger partial charge in [0.2, 0.25) is 0 Å². The Morgan fingerprint density at radius 2 is 2.00 bits per heavy atom. The average molecular weight is 432 g/mol. The molecule has 3 aliphatic rings. The zero-order valence-electron chi connectivity index (χ0n) is 18.1. The maximum Gasteiger partial charge on any atom is 0.123 e. The van der Waals surface area contributed by atoms with Crippen LogP contribution in [0, 0.1) is 18.2 Å². The van der Waals surface area contributed by atoms with E-state index >= 15 is 0 Å². The molecule has 1 spiro atoms. The Morgan fingerprint density at radius 1 is 1.22 bits per heavy atom. The first kappa shape index (κ1) is 19.7. The van der Waals surface area contributed by atoms with E-state index in [1.165, 1.54) is 23.3 Å². The van der Waals surface area contributed by atoms with Crippen molar-refractivity contribution >= 4 is 0 Å². The fourth-order valence-electron chi connectivity index (χ4n) is 6.82. The second kappa shape index (κ2) is 6.51. The number of phenolic OH excluding ortho intramolecular Hbond substituents is 1. The van der Waals surface area contributed by atoms with Crippen molar-refractivity contribution in [2.45, 2.75) is 56.6 Å². The Balaban J connectivity index is 1.43. The smallest absolute Gasteiger partial charge is 0.123 e. The normalized spacial score (nSPS) is 30.4. The molecule has 0 unspecified atom stereocenters. The Morgan fingerprint density at radius 3 is 2.78 bits per heavy atom. The molecular formula is C26H26FN3O2. The Hall–Kier alpha value is -2.99. The molecule has 6 rings (SSSR count). The number of nitrogens with zero attached hydrogens (tertiary/aromatic N) is 3. The van der Waals surface area contributed by atoms with Gasteiger partial charge in [0.15, 0.2) is 0 Å². The molecular weight excluding hydrogens is 405 g/mol. The van der Waals surface area contributed by atoms with Gasteiger partial charge in [0.05, 0.1) is 18.3 Å². The van der Waals surface area contributed by atoms with Crippen LogP contribution < -0.4 is 0 Å². The van der Waals surface area contributed by atoms with Crippen molar-refractivity contribution < 1.29 is 14.6 Å². The summed E-state index contributed by atoms with van der Waals surface area (Å²) in [5.74, 6) is 0.446. The molecule has 1 aromatic heterocycles. The number of aliphatic hydroxyl groups is 1. The summed E-state index contributed by atoms with van der Waals surface area (Å²) in [5.41, 5.74) is 4.91. The number of hydrogen-bond acceptors (Lipinski definition) is 4. The van der Waals surface area contributed by atoms with Crippen LogP contribution in [0.3, 0.4) is 0 Å². The highest BCUT2D eigenvalue weighted by molar-refractivity contribution is 5.58. The number of fused-ring (bicyclic) bond motifs is 3. The standard InChI is InChI=1S/C26H26FN3O2/c1-15-11-25-14-26(15,32)10-9-20(25)19-7-8-23(31)16(2)24(19)21(25)12-30-13-22(28-29-30)17-3-5-18(27)6-4-17/h3-8,13,20-21,31-32H,1,9-12,14H2,2H3/t20-,21-,25-,26-/m0/s1. The van der Waals surface area contributed by atoms with Gasteiger partial charge >= 0.3 is 0 Å². The lowest BCUT2D eigenvalue weighted by atomic mass is 9.63. The summed E-state index contributed by atoms with van der Waals surface area (Å²) in [6.45, 7) is 6.84. The fourth-order valence-corrected chi connectivity index (χ4v) is 6.82. The van der Waals surface area contributed by atoms with Crippen LogP contribution in [0.5, 0.6) is 5.75 Å². The van der Waals surface area contributed by atoms with Gasteiger partial charge in [-0.2, -0.15) is 0 Å². The number of rotatable bonds is 3. The second-order valence-electron chi connectivity index (χ2n) is 9.91. The zero-order chi connectivity index (χ0) is 22.3. The maximum atomic E-state index is 13.3. The van der Waals surface area contributed by atoms with E-state index in [-0.39, 0.29) is 17.2 Å². The first-order chi connectivity index (χ1) is 15.3. The number of hydrogen-bond donors (Lipinski definition) is 2. The molecule has 164 valence electrons. The average Bonchev–Trinajstić information content (AvgIpc) is 3.38. The van der Waals surface area contributed by atoms with E-state index in [1.807, 2.05) is 17.8 Å². The van der Waals surface area contributed by atoms with Crippen molar-refractivity contribution in [1.82, 2.24) is 15.0 Å². The molecule has 5 nitrogen and oxygen atoms in total. The van der Waals surface area contributed by atoms with Crippen LogP contribution in [0.4, 0.5) is 4.39 Å². The first-order valence-electron chi connectivity index (χ1n) is 11.2. The fraction of sp³-hybridized carbons (Fsp3) is 0.385. The minimum Gasteiger partial charge on any atom is -0.508 e. The monoisotopic (exact) mass is 431 g/mol. The topological polar surface area (TPSA) is 71.2 Å². The second-order valence-corrected chi connectivity index (χ2v) is 9.91. The van der Waals surface area contributed by atoms with Gasteiger partial charge in [0, 0.05) is 11.5 Å². The van der Waals surface area contributed by atoms with Gasteiger partial charge in [-0.15, -0.1) is 5.10 Å². The van der Waals surface area contributed by atoms with Gasteiger partial charge in [0.1, 0.15) is 17.3 Å². The summed E-state index contributed by atoms with van der Waals surface area (Å²) >= 11 is 0. The molecule has 0 amide bonds. The molecule has 0 aliphatic heterocycles. The predicted octanol–water partition coefficient (Wildman–Crippen LogP) is 4.84. The van der Waals surface area contributed by atoms with Gasteiger partial charge in [-0.25, -0.2) is 4.39 Å². The maximum absolute atomic E-state index is 13.3. The number of aromatic nitrogens is 3. The Kier molecular flexibility index (Phi) is 4.01. The molecule has 6 heteroatoms. The summed E-state index contributed by atoms with van der Waals surface area (Å²) in [6, 6.07) is 10.1. The molecule has 2 saturated carbocycles. The molecule has 4 atom stereocenters. The molecule has 0 radical (unpaired) electrons. The van der Waals surface area contributed by atoms with Crippen LogP contribution in [0.15, 0.2) is 54.7 Å². The molecule has 2 N–H and O–H groups in total. The molecule has 2 bridgehead atoms. The molecule has 1 heterocycles.